The zero-order valence-electron chi connectivity index (χ0n) is 17.1. The lowest BCUT2D eigenvalue weighted by Crippen LogP contribution is -2.04. The summed E-state index contributed by atoms with van der Waals surface area (Å²) in [4.78, 5) is 0. The summed E-state index contributed by atoms with van der Waals surface area (Å²) in [5.41, 5.74) is 2.08. The molecule has 0 fully saturated rings. The number of thioether (sulfide) groups is 1. The molecule has 0 spiro atoms. The Morgan fingerprint density at radius 3 is 2.16 bits per heavy atom. The molecule has 0 N–H and O–H groups in total. The van der Waals surface area contributed by atoms with E-state index in [1.807, 2.05) is 91.2 Å². The monoisotopic (exact) mass is 430 g/mol. The molecular formula is C24H22N4O2S. The van der Waals surface area contributed by atoms with Gasteiger partial charge >= 0.3 is 0 Å². The number of hydrogen-bond acceptors (Lipinski definition) is 6. The second-order valence-electron chi connectivity index (χ2n) is 6.60. The van der Waals surface area contributed by atoms with Crippen molar-refractivity contribution in [3.8, 4) is 11.5 Å². The highest BCUT2D eigenvalue weighted by Crippen LogP contribution is 2.17. The van der Waals surface area contributed by atoms with Crippen LogP contribution in [-0.2, 0) is 13.2 Å². The molecule has 4 aromatic rings. The summed E-state index contributed by atoms with van der Waals surface area (Å²) < 4.78 is 13.3. The van der Waals surface area contributed by atoms with E-state index in [4.69, 9.17) is 9.47 Å². The van der Waals surface area contributed by atoms with Crippen LogP contribution < -0.4 is 9.47 Å². The van der Waals surface area contributed by atoms with Gasteiger partial charge < -0.3 is 9.47 Å². The van der Waals surface area contributed by atoms with E-state index in [0.717, 1.165) is 22.6 Å². The Bertz CT molecular complexity index is 1110. The van der Waals surface area contributed by atoms with Crippen LogP contribution in [-0.4, -0.2) is 27.3 Å². The highest BCUT2D eigenvalue weighted by molar-refractivity contribution is 7.98. The Morgan fingerprint density at radius 1 is 0.806 bits per heavy atom. The van der Waals surface area contributed by atoms with E-state index in [2.05, 4.69) is 15.3 Å². The van der Waals surface area contributed by atoms with E-state index in [9.17, 15) is 0 Å². The maximum Gasteiger partial charge on any atom is 0.211 e. The van der Waals surface area contributed by atoms with Crippen molar-refractivity contribution >= 4 is 18.0 Å². The van der Waals surface area contributed by atoms with Crippen molar-refractivity contribution < 1.29 is 9.47 Å². The Morgan fingerprint density at radius 2 is 1.45 bits per heavy atom. The topological polar surface area (TPSA) is 61.5 Å². The van der Waals surface area contributed by atoms with Gasteiger partial charge in [0.05, 0.1) is 6.21 Å². The fourth-order valence-corrected chi connectivity index (χ4v) is 3.26. The molecule has 0 saturated heterocycles. The molecule has 0 aliphatic heterocycles. The lowest BCUT2D eigenvalue weighted by Gasteiger charge is -2.07. The van der Waals surface area contributed by atoms with E-state index in [1.165, 1.54) is 11.8 Å². The SMILES string of the molecule is CSc1nnc(COc2ccccc2)n1/N=C\c1ccc(OCc2ccccc2)cc1. The molecule has 156 valence electrons. The van der Waals surface area contributed by atoms with Gasteiger partial charge in [-0.2, -0.15) is 9.78 Å². The summed E-state index contributed by atoms with van der Waals surface area (Å²) in [6, 6.07) is 27.5. The van der Waals surface area contributed by atoms with Crippen LogP contribution in [0.3, 0.4) is 0 Å². The van der Waals surface area contributed by atoms with Crippen molar-refractivity contribution in [3.05, 3.63) is 102 Å². The fraction of sp³-hybridized carbons (Fsp3) is 0.125. The number of aromatic nitrogens is 3. The van der Waals surface area contributed by atoms with Crippen molar-refractivity contribution in [1.82, 2.24) is 14.9 Å². The third-order valence-electron chi connectivity index (χ3n) is 4.42. The van der Waals surface area contributed by atoms with Gasteiger partial charge in [0.25, 0.3) is 0 Å². The van der Waals surface area contributed by atoms with Crippen LogP contribution in [0, 0.1) is 0 Å². The van der Waals surface area contributed by atoms with E-state index in [1.54, 1.807) is 10.9 Å². The van der Waals surface area contributed by atoms with Gasteiger partial charge in [-0.3, -0.25) is 0 Å². The van der Waals surface area contributed by atoms with Crippen molar-refractivity contribution in [2.45, 2.75) is 18.4 Å². The summed E-state index contributed by atoms with van der Waals surface area (Å²) >= 11 is 1.48. The van der Waals surface area contributed by atoms with Gasteiger partial charge in [-0.1, -0.05) is 60.3 Å². The van der Waals surface area contributed by atoms with Gasteiger partial charge in [0.2, 0.25) is 5.16 Å². The molecule has 0 atom stereocenters. The zero-order chi connectivity index (χ0) is 21.3. The van der Waals surface area contributed by atoms with Crippen LogP contribution in [0.5, 0.6) is 11.5 Å². The quantitative estimate of drug-likeness (QED) is 0.275. The third kappa shape index (κ3) is 5.73. The summed E-state index contributed by atoms with van der Waals surface area (Å²) in [5.74, 6) is 2.22. The van der Waals surface area contributed by atoms with Crippen molar-refractivity contribution in [2.24, 2.45) is 5.10 Å². The van der Waals surface area contributed by atoms with E-state index in [-0.39, 0.29) is 6.61 Å². The third-order valence-corrected chi connectivity index (χ3v) is 5.04. The van der Waals surface area contributed by atoms with Crippen molar-refractivity contribution in [1.29, 1.82) is 0 Å². The highest BCUT2D eigenvalue weighted by atomic mass is 32.2. The molecule has 0 aliphatic carbocycles. The van der Waals surface area contributed by atoms with Crippen molar-refractivity contribution in [2.75, 3.05) is 6.26 Å². The predicted molar refractivity (Wildman–Crippen MR) is 123 cm³/mol. The normalized spacial score (nSPS) is 11.0. The van der Waals surface area contributed by atoms with E-state index in [0.29, 0.717) is 17.6 Å². The van der Waals surface area contributed by atoms with Crippen LogP contribution >= 0.6 is 11.8 Å². The first-order valence-electron chi connectivity index (χ1n) is 9.79. The first kappa shape index (κ1) is 20.7. The van der Waals surface area contributed by atoms with Gasteiger partial charge in [0.1, 0.15) is 24.7 Å². The highest BCUT2D eigenvalue weighted by Gasteiger charge is 2.11. The van der Waals surface area contributed by atoms with Gasteiger partial charge in [-0.25, -0.2) is 0 Å². The maximum atomic E-state index is 5.84. The fourth-order valence-electron chi connectivity index (χ4n) is 2.81. The van der Waals surface area contributed by atoms with Crippen LogP contribution in [0.2, 0.25) is 0 Å². The van der Waals surface area contributed by atoms with Crippen LogP contribution in [0.25, 0.3) is 0 Å². The van der Waals surface area contributed by atoms with E-state index < -0.39 is 0 Å². The molecule has 0 radical (unpaired) electrons. The number of nitrogens with zero attached hydrogens (tertiary/aromatic N) is 4. The maximum absolute atomic E-state index is 5.84. The van der Waals surface area contributed by atoms with Crippen LogP contribution in [0.4, 0.5) is 0 Å². The average molecular weight is 431 g/mol. The minimum absolute atomic E-state index is 0.279. The lowest BCUT2D eigenvalue weighted by molar-refractivity contribution is 0.290. The minimum Gasteiger partial charge on any atom is -0.489 e. The number of hydrogen-bond donors (Lipinski definition) is 0. The molecule has 7 heteroatoms. The average Bonchev–Trinajstić information content (AvgIpc) is 3.24. The summed E-state index contributed by atoms with van der Waals surface area (Å²) in [6.45, 7) is 0.817. The molecular weight excluding hydrogens is 408 g/mol. The first-order chi connectivity index (χ1) is 15.3. The Labute approximate surface area is 185 Å². The number of ether oxygens (including phenoxy) is 2. The second kappa shape index (κ2) is 10.4. The van der Waals surface area contributed by atoms with Crippen LogP contribution in [0.1, 0.15) is 17.0 Å². The molecule has 0 amide bonds. The van der Waals surface area contributed by atoms with Gasteiger partial charge in [-0.05, 0) is 53.8 Å². The summed E-state index contributed by atoms with van der Waals surface area (Å²) in [7, 11) is 0. The van der Waals surface area contributed by atoms with E-state index >= 15 is 0 Å². The largest absolute Gasteiger partial charge is 0.489 e. The van der Waals surface area contributed by atoms with Crippen molar-refractivity contribution in [3.63, 3.8) is 0 Å². The molecule has 6 nitrogen and oxygen atoms in total. The molecule has 1 aromatic heterocycles. The van der Waals surface area contributed by atoms with Crippen LogP contribution in [0.15, 0.2) is 95.2 Å². The first-order valence-corrected chi connectivity index (χ1v) is 11.0. The smallest absolute Gasteiger partial charge is 0.211 e. The second-order valence-corrected chi connectivity index (χ2v) is 7.38. The summed E-state index contributed by atoms with van der Waals surface area (Å²) in [5, 5.41) is 13.7. The number of rotatable bonds is 9. The van der Waals surface area contributed by atoms with Gasteiger partial charge in [0.15, 0.2) is 5.82 Å². The zero-order valence-corrected chi connectivity index (χ0v) is 17.9. The Hall–Kier alpha value is -3.58. The lowest BCUT2D eigenvalue weighted by atomic mass is 10.2. The molecule has 0 bridgehead atoms. The summed E-state index contributed by atoms with van der Waals surface area (Å²) in [6.07, 6.45) is 3.72. The van der Waals surface area contributed by atoms with Gasteiger partial charge in [-0.15, -0.1) is 10.2 Å². The molecule has 0 unspecified atom stereocenters. The predicted octanol–water partition coefficient (Wildman–Crippen LogP) is 5.04. The molecule has 3 aromatic carbocycles. The molecule has 0 aliphatic rings. The standard InChI is InChI=1S/C24H22N4O2S/c1-31-24-27-26-23(18-30-21-10-6-3-7-11-21)28(24)25-16-19-12-14-22(15-13-19)29-17-20-8-4-2-5-9-20/h2-16H,17-18H2,1H3/b25-16-. The molecule has 0 saturated carbocycles. The number of para-hydroxylation sites is 1. The molecule has 31 heavy (non-hydrogen) atoms. The van der Waals surface area contributed by atoms with Gasteiger partial charge in [0, 0.05) is 0 Å². The molecule has 1 heterocycles. The molecule has 4 rings (SSSR count). The minimum atomic E-state index is 0.279. The Balaban J connectivity index is 1.41. The Kier molecular flexibility index (Phi) is 6.97. The number of benzene rings is 3.